The Hall–Kier alpha value is -2.86. The molecule has 1 aliphatic heterocycles. The van der Waals surface area contributed by atoms with Crippen LogP contribution in [0.4, 0.5) is 0 Å². The van der Waals surface area contributed by atoms with Gasteiger partial charge in [-0.25, -0.2) is 9.59 Å². The predicted molar refractivity (Wildman–Crippen MR) is 114 cm³/mol. The second kappa shape index (κ2) is 7.52. The van der Waals surface area contributed by atoms with Gasteiger partial charge < -0.3 is 13.9 Å². The van der Waals surface area contributed by atoms with Gasteiger partial charge in [0.05, 0.1) is 0 Å². The maximum atomic E-state index is 12.4. The van der Waals surface area contributed by atoms with Gasteiger partial charge in [-0.2, -0.15) is 0 Å². The fourth-order valence-electron chi connectivity index (χ4n) is 3.29. The Morgan fingerprint density at radius 2 is 1.93 bits per heavy atom. The first-order valence-electron chi connectivity index (χ1n) is 9.20. The van der Waals surface area contributed by atoms with Crippen molar-refractivity contribution in [3.8, 4) is 5.75 Å². The fourth-order valence-corrected chi connectivity index (χ4v) is 3.56. The van der Waals surface area contributed by atoms with E-state index in [2.05, 4.69) is 15.9 Å². The molecule has 0 saturated carbocycles. The van der Waals surface area contributed by atoms with Crippen molar-refractivity contribution in [2.45, 2.75) is 32.0 Å². The highest BCUT2D eigenvalue weighted by molar-refractivity contribution is 9.10. The van der Waals surface area contributed by atoms with E-state index in [1.54, 1.807) is 18.2 Å². The summed E-state index contributed by atoms with van der Waals surface area (Å²) in [6.07, 6.45) is 3.19. The van der Waals surface area contributed by atoms with E-state index in [4.69, 9.17) is 13.9 Å². The van der Waals surface area contributed by atoms with E-state index < -0.39 is 23.3 Å². The molecule has 6 heteroatoms. The van der Waals surface area contributed by atoms with Gasteiger partial charge in [0.15, 0.2) is 0 Å². The molecule has 0 unspecified atom stereocenters. The van der Waals surface area contributed by atoms with Crippen LogP contribution in [0.2, 0.25) is 0 Å². The molecular formula is C23H19BrO5. The lowest BCUT2D eigenvalue weighted by atomic mass is 9.90. The van der Waals surface area contributed by atoms with Gasteiger partial charge in [-0.1, -0.05) is 28.1 Å². The van der Waals surface area contributed by atoms with Gasteiger partial charge in [-0.3, -0.25) is 0 Å². The summed E-state index contributed by atoms with van der Waals surface area (Å²) >= 11 is 3.38. The Morgan fingerprint density at radius 1 is 1.17 bits per heavy atom. The molecule has 5 nitrogen and oxygen atoms in total. The lowest BCUT2D eigenvalue weighted by molar-refractivity contribution is -0.155. The Labute approximate surface area is 176 Å². The number of fused-ring (bicyclic) bond motifs is 2. The Morgan fingerprint density at radius 3 is 2.69 bits per heavy atom. The lowest BCUT2D eigenvalue weighted by Crippen LogP contribution is -2.48. The maximum Gasteiger partial charge on any atom is 0.336 e. The van der Waals surface area contributed by atoms with Crippen LogP contribution in [-0.4, -0.2) is 17.7 Å². The number of esters is 1. The van der Waals surface area contributed by atoms with Crippen molar-refractivity contribution in [2.24, 2.45) is 0 Å². The second-order valence-corrected chi connectivity index (χ2v) is 8.39. The molecule has 2 heterocycles. The molecule has 1 aliphatic rings. The quantitative estimate of drug-likeness (QED) is 0.320. The van der Waals surface area contributed by atoms with E-state index in [0.29, 0.717) is 17.8 Å². The van der Waals surface area contributed by atoms with Crippen molar-refractivity contribution in [3.63, 3.8) is 0 Å². The van der Waals surface area contributed by atoms with Gasteiger partial charge in [0.25, 0.3) is 0 Å². The molecule has 0 bridgehead atoms. The van der Waals surface area contributed by atoms with Crippen LogP contribution in [0.5, 0.6) is 5.75 Å². The van der Waals surface area contributed by atoms with Crippen molar-refractivity contribution in [1.82, 2.24) is 0 Å². The van der Waals surface area contributed by atoms with Crippen LogP contribution in [0.1, 0.15) is 25.0 Å². The zero-order valence-electron chi connectivity index (χ0n) is 16.0. The van der Waals surface area contributed by atoms with Gasteiger partial charge in [-0.15, -0.1) is 0 Å². The molecule has 0 aliphatic carbocycles. The highest BCUT2D eigenvalue weighted by Gasteiger charge is 2.39. The van der Waals surface area contributed by atoms with Crippen molar-refractivity contribution in [1.29, 1.82) is 0 Å². The summed E-state index contributed by atoms with van der Waals surface area (Å²) in [6, 6.07) is 14.3. The Kier molecular flexibility index (Phi) is 5.04. The third kappa shape index (κ3) is 4.27. The SMILES string of the molecule is CC1(C)Oc2cc3oc(=O)ccc3cc2C[C@@H]1OC(=O)/C=C/c1ccc(Br)cc1. The van der Waals surface area contributed by atoms with Gasteiger partial charge in [0.2, 0.25) is 0 Å². The first-order chi connectivity index (χ1) is 13.8. The summed E-state index contributed by atoms with van der Waals surface area (Å²) in [5.41, 5.74) is 1.15. The minimum absolute atomic E-state index is 0.406. The van der Waals surface area contributed by atoms with Crippen LogP contribution in [0.25, 0.3) is 17.0 Å². The van der Waals surface area contributed by atoms with E-state index in [9.17, 15) is 9.59 Å². The van der Waals surface area contributed by atoms with Crippen molar-refractivity contribution < 1.29 is 18.7 Å². The Bertz CT molecular complexity index is 1160. The van der Waals surface area contributed by atoms with E-state index in [0.717, 1.165) is 21.0 Å². The number of rotatable bonds is 3. The molecule has 2 aromatic carbocycles. The molecule has 1 aromatic heterocycles. The lowest BCUT2D eigenvalue weighted by Gasteiger charge is -2.39. The summed E-state index contributed by atoms with van der Waals surface area (Å²) in [6.45, 7) is 3.75. The van der Waals surface area contributed by atoms with Crippen molar-refractivity contribution in [2.75, 3.05) is 0 Å². The standard InChI is InChI=1S/C23H19BrO5/c1-23(2)20(28-22(26)9-5-14-3-7-17(24)8-4-14)12-16-11-15-6-10-21(25)27-18(15)13-19(16)29-23/h3-11,13,20H,12H2,1-2H3/b9-5+/t20-/m0/s1. The van der Waals surface area contributed by atoms with Gasteiger partial charge in [0, 0.05) is 34.5 Å². The van der Waals surface area contributed by atoms with Crippen LogP contribution < -0.4 is 10.4 Å². The second-order valence-electron chi connectivity index (χ2n) is 7.47. The van der Waals surface area contributed by atoms with Crippen LogP contribution in [0.15, 0.2) is 68.3 Å². The highest BCUT2D eigenvalue weighted by atomic mass is 79.9. The molecule has 148 valence electrons. The van der Waals surface area contributed by atoms with E-state index in [1.807, 2.05) is 44.2 Å². The largest absolute Gasteiger partial charge is 0.484 e. The predicted octanol–water partition coefficient (Wildman–Crippen LogP) is 4.89. The molecule has 0 saturated heterocycles. The zero-order valence-corrected chi connectivity index (χ0v) is 17.6. The molecule has 3 aromatic rings. The fraction of sp³-hybridized carbons (Fsp3) is 0.217. The first-order valence-corrected chi connectivity index (χ1v) is 9.99. The summed E-state index contributed by atoms with van der Waals surface area (Å²) < 4.78 is 18.0. The topological polar surface area (TPSA) is 65.7 Å². The minimum atomic E-state index is -0.725. The van der Waals surface area contributed by atoms with Crippen molar-refractivity contribution >= 4 is 38.9 Å². The summed E-state index contributed by atoms with van der Waals surface area (Å²) in [5.74, 6) is 0.208. The normalized spacial score (nSPS) is 17.7. The van der Waals surface area contributed by atoms with Gasteiger partial charge in [-0.05, 0) is 55.3 Å². The monoisotopic (exact) mass is 454 g/mol. The number of ether oxygens (including phenoxy) is 2. The number of hydrogen-bond acceptors (Lipinski definition) is 5. The number of benzene rings is 2. The first kappa shape index (κ1) is 19.5. The van der Waals surface area contributed by atoms with Crippen LogP contribution in [0, 0.1) is 0 Å². The van der Waals surface area contributed by atoms with Gasteiger partial charge >= 0.3 is 11.6 Å². The van der Waals surface area contributed by atoms with E-state index >= 15 is 0 Å². The molecule has 0 spiro atoms. The average Bonchev–Trinajstić information content (AvgIpc) is 2.66. The smallest absolute Gasteiger partial charge is 0.336 e. The molecule has 29 heavy (non-hydrogen) atoms. The number of carbonyl (C=O) groups excluding carboxylic acids is 1. The number of hydrogen-bond donors (Lipinski definition) is 0. The third-order valence-electron chi connectivity index (χ3n) is 4.90. The van der Waals surface area contributed by atoms with E-state index in [1.165, 1.54) is 12.1 Å². The molecule has 0 radical (unpaired) electrons. The average molecular weight is 455 g/mol. The van der Waals surface area contributed by atoms with E-state index in [-0.39, 0.29) is 0 Å². The molecule has 0 amide bonds. The zero-order chi connectivity index (χ0) is 20.6. The number of carbonyl (C=O) groups is 1. The van der Waals surface area contributed by atoms with Crippen LogP contribution in [-0.2, 0) is 16.0 Å². The molecule has 0 N–H and O–H groups in total. The molecule has 1 atom stereocenters. The summed E-state index contributed by atoms with van der Waals surface area (Å²) in [4.78, 5) is 23.8. The minimum Gasteiger partial charge on any atom is -0.484 e. The molecule has 4 rings (SSSR count). The third-order valence-corrected chi connectivity index (χ3v) is 5.43. The molecule has 0 fully saturated rings. The molecular weight excluding hydrogens is 436 g/mol. The van der Waals surface area contributed by atoms with Crippen LogP contribution in [0.3, 0.4) is 0 Å². The highest BCUT2D eigenvalue weighted by Crippen LogP contribution is 2.37. The summed E-state index contributed by atoms with van der Waals surface area (Å²) in [7, 11) is 0. The number of halogens is 1. The Balaban J connectivity index is 1.54. The van der Waals surface area contributed by atoms with Crippen molar-refractivity contribution in [3.05, 3.63) is 80.6 Å². The van der Waals surface area contributed by atoms with Crippen LogP contribution >= 0.6 is 15.9 Å². The van der Waals surface area contributed by atoms with Gasteiger partial charge in [0.1, 0.15) is 23.0 Å². The summed E-state index contributed by atoms with van der Waals surface area (Å²) in [5, 5.41) is 0.798. The maximum absolute atomic E-state index is 12.4.